The van der Waals surface area contributed by atoms with E-state index in [4.69, 9.17) is 14.9 Å². The molecule has 0 aliphatic rings. The third kappa shape index (κ3) is 13.4. The Morgan fingerprint density at radius 1 is 1.16 bits per heavy atom. The van der Waals surface area contributed by atoms with Crippen LogP contribution in [0.4, 0.5) is 0 Å². The first-order chi connectivity index (χ1) is 9.20. The van der Waals surface area contributed by atoms with Crippen molar-refractivity contribution in [2.24, 2.45) is 0 Å². The van der Waals surface area contributed by atoms with E-state index in [2.05, 4.69) is 13.0 Å². The van der Waals surface area contributed by atoms with Crippen LogP contribution in [0.25, 0.3) is 0 Å². The number of ether oxygens (including phenoxy) is 1. The van der Waals surface area contributed by atoms with Crippen LogP contribution >= 0.6 is 0 Å². The second-order valence-corrected chi connectivity index (χ2v) is 4.73. The summed E-state index contributed by atoms with van der Waals surface area (Å²) in [5.74, 6) is -0.333. The maximum Gasteiger partial charge on any atom is 0.306 e. The first kappa shape index (κ1) is 18.1. The fourth-order valence-corrected chi connectivity index (χ4v) is 1.62. The monoisotopic (exact) mass is 272 g/mol. The van der Waals surface area contributed by atoms with Crippen molar-refractivity contribution >= 4 is 5.97 Å². The fraction of sp³-hybridized carbons (Fsp3) is 0.800. The van der Waals surface area contributed by atoms with Crippen molar-refractivity contribution in [3.05, 3.63) is 12.2 Å². The topological polar surface area (TPSA) is 66.8 Å². The smallest absolute Gasteiger partial charge is 0.306 e. The third-order valence-corrected chi connectivity index (χ3v) is 2.80. The maximum absolute atomic E-state index is 11.2. The van der Waals surface area contributed by atoms with Crippen LogP contribution in [0, 0.1) is 0 Å². The number of carbonyl (C=O) groups excluding carboxylic acids is 1. The molecule has 19 heavy (non-hydrogen) atoms. The molecule has 0 aromatic heterocycles. The van der Waals surface area contributed by atoms with Crippen LogP contribution in [0.5, 0.6) is 0 Å². The molecule has 0 aromatic rings. The van der Waals surface area contributed by atoms with Crippen molar-refractivity contribution in [3.8, 4) is 0 Å². The number of carbonyl (C=O) groups is 1. The van der Waals surface area contributed by atoms with Gasteiger partial charge in [0.05, 0.1) is 6.61 Å². The standard InChI is InChI=1S/C15H28O4/c1-2-3-4-5-6-7-8-9-10-11-15(18)19-13-14(17)12-16/h8-9,14,16-17H,2-7,10-13H2,1H3/b9-8+. The Morgan fingerprint density at radius 2 is 1.84 bits per heavy atom. The molecule has 0 fully saturated rings. The normalized spacial score (nSPS) is 12.8. The van der Waals surface area contributed by atoms with Gasteiger partial charge in [0.2, 0.25) is 0 Å². The van der Waals surface area contributed by atoms with E-state index < -0.39 is 6.10 Å². The maximum atomic E-state index is 11.2. The van der Waals surface area contributed by atoms with Crippen molar-refractivity contribution in [1.82, 2.24) is 0 Å². The highest BCUT2D eigenvalue weighted by atomic mass is 16.5. The summed E-state index contributed by atoms with van der Waals surface area (Å²) in [4.78, 5) is 11.2. The Morgan fingerprint density at radius 3 is 2.53 bits per heavy atom. The molecule has 4 nitrogen and oxygen atoms in total. The molecule has 4 heteroatoms. The second kappa shape index (κ2) is 13.6. The molecular formula is C15H28O4. The zero-order valence-electron chi connectivity index (χ0n) is 12.0. The minimum Gasteiger partial charge on any atom is -0.463 e. The van der Waals surface area contributed by atoms with Gasteiger partial charge in [0, 0.05) is 6.42 Å². The third-order valence-electron chi connectivity index (χ3n) is 2.80. The van der Waals surface area contributed by atoms with Gasteiger partial charge in [-0.15, -0.1) is 0 Å². The molecule has 0 heterocycles. The first-order valence-corrected chi connectivity index (χ1v) is 7.30. The molecule has 0 bridgehead atoms. The second-order valence-electron chi connectivity index (χ2n) is 4.73. The fourth-order valence-electron chi connectivity index (χ4n) is 1.62. The number of aliphatic hydroxyl groups excluding tert-OH is 2. The lowest BCUT2D eigenvalue weighted by Crippen LogP contribution is -2.21. The number of unbranched alkanes of at least 4 members (excludes halogenated alkanes) is 5. The van der Waals surface area contributed by atoms with Gasteiger partial charge in [-0.1, -0.05) is 44.8 Å². The lowest BCUT2D eigenvalue weighted by atomic mass is 10.1. The van der Waals surface area contributed by atoms with Crippen LogP contribution in [0.3, 0.4) is 0 Å². The van der Waals surface area contributed by atoms with E-state index in [1.165, 1.54) is 32.1 Å². The molecule has 0 spiro atoms. The van der Waals surface area contributed by atoms with Crippen LogP contribution < -0.4 is 0 Å². The summed E-state index contributed by atoms with van der Waals surface area (Å²) in [5, 5.41) is 17.5. The average molecular weight is 272 g/mol. The predicted molar refractivity (Wildman–Crippen MR) is 75.8 cm³/mol. The summed E-state index contributed by atoms with van der Waals surface area (Å²) in [5.41, 5.74) is 0. The number of esters is 1. The van der Waals surface area contributed by atoms with Crippen LogP contribution in [0.15, 0.2) is 12.2 Å². The zero-order valence-corrected chi connectivity index (χ0v) is 12.0. The van der Waals surface area contributed by atoms with Gasteiger partial charge in [-0.05, 0) is 19.3 Å². The van der Waals surface area contributed by atoms with E-state index >= 15 is 0 Å². The van der Waals surface area contributed by atoms with Gasteiger partial charge < -0.3 is 14.9 Å². The molecule has 1 atom stereocenters. The molecule has 0 aliphatic carbocycles. The molecular weight excluding hydrogens is 244 g/mol. The van der Waals surface area contributed by atoms with Crippen molar-refractivity contribution in [1.29, 1.82) is 0 Å². The highest BCUT2D eigenvalue weighted by Gasteiger charge is 2.06. The average Bonchev–Trinajstić information content (AvgIpc) is 2.42. The van der Waals surface area contributed by atoms with E-state index in [1.807, 2.05) is 6.08 Å². The zero-order chi connectivity index (χ0) is 14.3. The van der Waals surface area contributed by atoms with Crippen LogP contribution in [0.2, 0.25) is 0 Å². The first-order valence-electron chi connectivity index (χ1n) is 7.30. The number of hydrogen-bond acceptors (Lipinski definition) is 4. The Bertz CT molecular complexity index is 238. The molecule has 0 aliphatic heterocycles. The number of allylic oxidation sites excluding steroid dienone is 2. The molecule has 0 amide bonds. The highest BCUT2D eigenvalue weighted by molar-refractivity contribution is 5.69. The highest BCUT2D eigenvalue weighted by Crippen LogP contribution is 2.06. The minimum atomic E-state index is -0.970. The van der Waals surface area contributed by atoms with Crippen LogP contribution in [0.1, 0.15) is 58.3 Å². The van der Waals surface area contributed by atoms with E-state index in [-0.39, 0.29) is 19.2 Å². The lowest BCUT2D eigenvalue weighted by Gasteiger charge is -2.07. The Hall–Kier alpha value is -0.870. The predicted octanol–water partition coefficient (Wildman–Crippen LogP) is 2.58. The summed E-state index contributed by atoms with van der Waals surface area (Å²) >= 11 is 0. The Balaban J connectivity index is 3.34. The van der Waals surface area contributed by atoms with Gasteiger partial charge >= 0.3 is 5.97 Å². The van der Waals surface area contributed by atoms with Gasteiger partial charge in [0.15, 0.2) is 0 Å². The molecule has 0 aromatic carbocycles. The van der Waals surface area contributed by atoms with Gasteiger partial charge in [0.1, 0.15) is 12.7 Å². The Kier molecular flexibility index (Phi) is 12.9. The van der Waals surface area contributed by atoms with Crippen molar-refractivity contribution in [2.75, 3.05) is 13.2 Å². The summed E-state index contributed by atoms with van der Waals surface area (Å²) in [7, 11) is 0. The van der Waals surface area contributed by atoms with E-state index in [1.54, 1.807) is 0 Å². The molecule has 0 saturated carbocycles. The lowest BCUT2D eigenvalue weighted by molar-refractivity contribution is -0.147. The molecule has 1 unspecified atom stereocenters. The quantitative estimate of drug-likeness (QED) is 0.325. The molecule has 0 radical (unpaired) electrons. The van der Waals surface area contributed by atoms with Gasteiger partial charge in [0.25, 0.3) is 0 Å². The number of aliphatic hydroxyl groups is 2. The molecule has 112 valence electrons. The summed E-state index contributed by atoms with van der Waals surface area (Å²) in [6.07, 6.45) is 11.6. The molecule has 2 N–H and O–H groups in total. The minimum absolute atomic E-state index is 0.128. The summed E-state index contributed by atoms with van der Waals surface area (Å²) in [6.45, 7) is 1.69. The van der Waals surface area contributed by atoms with E-state index in [9.17, 15) is 4.79 Å². The number of hydrogen-bond donors (Lipinski definition) is 2. The molecule has 0 rings (SSSR count). The van der Waals surface area contributed by atoms with Gasteiger partial charge in [-0.3, -0.25) is 4.79 Å². The van der Waals surface area contributed by atoms with Gasteiger partial charge in [-0.2, -0.15) is 0 Å². The summed E-state index contributed by atoms with van der Waals surface area (Å²) < 4.78 is 4.78. The van der Waals surface area contributed by atoms with Crippen LogP contribution in [-0.2, 0) is 9.53 Å². The van der Waals surface area contributed by atoms with Gasteiger partial charge in [-0.25, -0.2) is 0 Å². The van der Waals surface area contributed by atoms with Crippen molar-refractivity contribution in [2.45, 2.75) is 64.4 Å². The summed E-state index contributed by atoms with van der Waals surface area (Å²) in [6, 6.07) is 0. The Labute approximate surface area is 116 Å². The number of rotatable bonds is 12. The van der Waals surface area contributed by atoms with E-state index in [0.29, 0.717) is 12.8 Å². The largest absolute Gasteiger partial charge is 0.463 e. The van der Waals surface area contributed by atoms with Crippen molar-refractivity contribution in [3.63, 3.8) is 0 Å². The molecule has 0 saturated heterocycles. The van der Waals surface area contributed by atoms with Crippen LogP contribution in [-0.4, -0.2) is 35.5 Å². The van der Waals surface area contributed by atoms with E-state index in [0.717, 1.165) is 6.42 Å². The SMILES string of the molecule is CCCCCCC/C=C/CCC(=O)OCC(O)CO. The van der Waals surface area contributed by atoms with Crippen molar-refractivity contribution < 1.29 is 19.7 Å².